The molecule has 0 unspecified atom stereocenters. The van der Waals surface area contributed by atoms with Crippen LogP contribution in [0.2, 0.25) is 0 Å². The number of thiophene rings is 1. The van der Waals surface area contributed by atoms with Crippen LogP contribution in [-0.2, 0) is 31.6 Å². The standard InChI is InChI=1S/C24H26N6O6S/c1-14-7-15-9-18(37-22(15)17(8-14)34-2)19-20(24(33,35-12-31)36-13-32)16(10-29-5-3-26-4-6-29)30-21(19)23(25)27-11-28-30/h7-9,11-13,26,33H,3-6,10H2,1-2H3,(H2,25,27,28). The average molecular weight is 527 g/mol. The van der Waals surface area contributed by atoms with E-state index >= 15 is 0 Å². The predicted octanol–water partition coefficient (Wildman–Crippen LogP) is 1.36. The van der Waals surface area contributed by atoms with Crippen molar-refractivity contribution in [3.05, 3.63) is 41.3 Å². The van der Waals surface area contributed by atoms with Gasteiger partial charge in [0.05, 0.1) is 17.5 Å². The summed E-state index contributed by atoms with van der Waals surface area (Å²) >= 11 is 1.39. The van der Waals surface area contributed by atoms with Crippen molar-refractivity contribution in [3.63, 3.8) is 0 Å². The normalized spacial score (nSPS) is 14.7. The van der Waals surface area contributed by atoms with Gasteiger partial charge >= 0.3 is 5.97 Å². The van der Waals surface area contributed by atoms with E-state index in [1.165, 1.54) is 17.7 Å². The van der Waals surface area contributed by atoms with E-state index in [1.807, 2.05) is 25.1 Å². The Kier molecular flexibility index (Phi) is 6.69. The van der Waals surface area contributed by atoms with Crippen LogP contribution in [0.3, 0.4) is 0 Å². The summed E-state index contributed by atoms with van der Waals surface area (Å²) in [5.74, 6) is -1.92. The SMILES string of the molecule is COc1cc(C)cc2cc(-c3c(C(O)(OC=O)OC=O)c(CN4CCNCC4)n4ncnc(N)c34)sc12. The van der Waals surface area contributed by atoms with Crippen molar-refractivity contribution in [1.82, 2.24) is 24.8 Å². The number of anilines is 1. The molecule has 4 heterocycles. The van der Waals surface area contributed by atoms with Crippen molar-refractivity contribution in [1.29, 1.82) is 0 Å². The Morgan fingerprint density at radius 2 is 1.95 bits per heavy atom. The van der Waals surface area contributed by atoms with Crippen molar-refractivity contribution >= 4 is 45.7 Å². The van der Waals surface area contributed by atoms with Crippen LogP contribution in [0, 0.1) is 6.92 Å². The Morgan fingerprint density at radius 3 is 2.62 bits per heavy atom. The van der Waals surface area contributed by atoms with Crippen molar-refractivity contribution in [2.45, 2.75) is 19.4 Å². The number of hydrogen-bond donors (Lipinski definition) is 3. The molecule has 12 nitrogen and oxygen atoms in total. The molecule has 194 valence electrons. The van der Waals surface area contributed by atoms with Crippen LogP contribution in [0.15, 0.2) is 24.5 Å². The van der Waals surface area contributed by atoms with Gasteiger partial charge in [0.1, 0.15) is 23.2 Å². The summed E-state index contributed by atoms with van der Waals surface area (Å²) in [6.45, 7) is 5.31. The van der Waals surface area contributed by atoms with Crippen molar-refractivity contribution < 1.29 is 28.9 Å². The second-order valence-corrected chi connectivity index (χ2v) is 9.69. The van der Waals surface area contributed by atoms with Crippen molar-refractivity contribution in [2.75, 3.05) is 39.0 Å². The topological polar surface area (TPSA) is 154 Å². The minimum Gasteiger partial charge on any atom is -0.495 e. The second kappa shape index (κ2) is 9.94. The van der Waals surface area contributed by atoms with Gasteiger partial charge in [-0.05, 0) is 30.0 Å². The number of nitrogen functional groups attached to an aromatic ring is 1. The lowest BCUT2D eigenvalue weighted by Crippen LogP contribution is -2.43. The van der Waals surface area contributed by atoms with Gasteiger partial charge in [0, 0.05) is 43.2 Å². The number of carbonyl (C=O) groups excluding carboxylic acids is 2. The molecule has 0 atom stereocenters. The van der Waals surface area contributed by atoms with Crippen molar-refractivity contribution in [3.8, 4) is 16.2 Å². The molecular weight excluding hydrogens is 500 g/mol. The maximum atomic E-state index is 11.5. The zero-order valence-corrected chi connectivity index (χ0v) is 21.1. The zero-order chi connectivity index (χ0) is 26.2. The van der Waals surface area contributed by atoms with Crippen LogP contribution in [0.1, 0.15) is 16.8 Å². The lowest BCUT2D eigenvalue weighted by atomic mass is 10.0. The number of ether oxygens (including phenoxy) is 3. The highest BCUT2D eigenvalue weighted by atomic mass is 32.1. The van der Waals surface area contributed by atoms with Crippen LogP contribution < -0.4 is 15.8 Å². The first-order valence-corrected chi connectivity index (χ1v) is 12.3. The number of aryl methyl sites for hydroxylation is 1. The van der Waals surface area contributed by atoms with Crippen LogP contribution >= 0.6 is 11.3 Å². The largest absolute Gasteiger partial charge is 0.495 e. The molecular formula is C24H26N6O6S. The number of methoxy groups -OCH3 is 1. The molecule has 0 radical (unpaired) electrons. The van der Waals surface area contributed by atoms with Gasteiger partial charge in [0.25, 0.3) is 12.9 Å². The Morgan fingerprint density at radius 1 is 1.22 bits per heavy atom. The van der Waals surface area contributed by atoms with Gasteiger partial charge in [-0.25, -0.2) is 9.50 Å². The van der Waals surface area contributed by atoms with Gasteiger partial charge < -0.3 is 30.4 Å². The number of carbonyl (C=O) groups is 2. The molecule has 0 bridgehead atoms. The third-order valence-corrected chi connectivity index (χ3v) is 7.54. The number of piperazine rings is 1. The van der Waals surface area contributed by atoms with Gasteiger partial charge in [-0.2, -0.15) is 5.10 Å². The Bertz CT molecular complexity index is 1470. The van der Waals surface area contributed by atoms with Crippen LogP contribution in [0.5, 0.6) is 5.75 Å². The van der Waals surface area contributed by atoms with E-state index in [0.717, 1.165) is 41.8 Å². The molecule has 0 aliphatic carbocycles. The minimum atomic E-state index is -2.74. The lowest BCUT2D eigenvalue weighted by Gasteiger charge is -2.29. The molecule has 5 rings (SSSR count). The molecule has 0 saturated carbocycles. The number of nitrogens with zero attached hydrogens (tertiary/aromatic N) is 4. The van der Waals surface area contributed by atoms with E-state index < -0.39 is 5.97 Å². The van der Waals surface area contributed by atoms with Gasteiger partial charge in [-0.3, -0.25) is 14.5 Å². The average Bonchev–Trinajstić information content (AvgIpc) is 3.44. The second-order valence-electron chi connectivity index (χ2n) is 8.63. The van der Waals surface area contributed by atoms with E-state index in [2.05, 4.69) is 20.3 Å². The monoisotopic (exact) mass is 526 g/mol. The summed E-state index contributed by atoms with van der Waals surface area (Å²) in [6.07, 6.45) is 1.30. The highest BCUT2D eigenvalue weighted by Gasteiger charge is 2.44. The highest BCUT2D eigenvalue weighted by Crippen LogP contribution is 2.47. The molecule has 1 aliphatic heterocycles. The van der Waals surface area contributed by atoms with E-state index in [9.17, 15) is 14.7 Å². The minimum absolute atomic E-state index is 0.0244. The summed E-state index contributed by atoms with van der Waals surface area (Å²) in [7, 11) is 1.60. The molecule has 4 aromatic rings. The van der Waals surface area contributed by atoms with Gasteiger partial charge in [-0.1, -0.05) is 6.07 Å². The van der Waals surface area contributed by atoms with E-state index in [-0.39, 0.29) is 24.3 Å². The summed E-state index contributed by atoms with van der Waals surface area (Å²) in [5.41, 5.74) is 8.61. The molecule has 0 spiro atoms. The van der Waals surface area contributed by atoms with Crippen LogP contribution in [0.4, 0.5) is 5.82 Å². The number of aliphatic hydroxyl groups is 1. The number of hydrogen-bond acceptors (Lipinski definition) is 12. The number of aromatic nitrogens is 3. The first-order chi connectivity index (χ1) is 17.9. The maximum Gasteiger partial charge on any atom is 0.405 e. The highest BCUT2D eigenvalue weighted by molar-refractivity contribution is 7.22. The summed E-state index contributed by atoms with van der Waals surface area (Å²) in [6, 6.07) is 5.85. The number of nitrogens with two attached hydrogens (primary N) is 1. The van der Waals surface area contributed by atoms with Gasteiger partial charge in [0.2, 0.25) is 0 Å². The number of rotatable bonds is 9. The van der Waals surface area contributed by atoms with Gasteiger partial charge in [0.15, 0.2) is 5.82 Å². The molecule has 37 heavy (non-hydrogen) atoms. The van der Waals surface area contributed by atoms with Crippen molar-refractivity contribution in [2.24, 2.45) is 0 Å². The summed E-state index contributed by atoms with van der Waals surface area (Å²) < 4.78 is 18.1. The fourth-order valence-corrected chi connectivity index (χ4v) is 5.98. The third kappa shape index (κ3) is 4.35. The fourth-order valence-electron chi connectivity index (χ4n) is 4.80. The summed E-state index contributed by atoms with van der Waals surface area (Å²) in [5, 5.41) is 20.1. The maximum absolute atomic E-state index is 11.5. The molecule has 1 fully saturated rings. The first kappa shape index (κ1) is 24.9. The van der Waals surface area contributed by atoms with Crippen LogP contribution in [0.25, 0.3) is 26.0 Å². The molecule has 3 aromatic heterocycles. The number of nitrogens with one attached hydrogen (secondary N) is 1. The van der Waals surface area contributed by atoms with Gasteiger partial charge in [-0.15, -0.1) is 11.3 Å². The zero-order valence-electron chi connectivity index (χ0n) is 20.3. The predicted molar refractivity (Wildman–Crippen MR) is 136 cm³/mol. The number of fused-ring (bicyclic) bond motifs is 2. The molecule has 0 amide bonds. The number of benzene rings is 1. The molecule has 1 aliphatic rings. The smallest absolute Gasteiger partial charge is 0.405 e. The summed E-state index contributed by atoms with van der Waals surface area (Å²) in [4.78, 5) is 30.0. The Hall–Kier alpha value is -3.78. The fraction of sp³-hybridized carbons (Fsp3) is 0.333. The Balaban J connectivity index is 1.86. The van der Waals surface area contributed by atoms with E-state index in [4.69, 9.17) is 19.9 Å². The molecule has 13 heteroatoms. The molecule has 1 saturated heterocycles. The van der Waals surface area contributed by atoms with Crippen LogP contribution in [-0.4, -0.2) is 70.8 Å². The lowest BCUT2D eigenvalue weighted by molar-refractivity contribution is -0.324. The van der Waals surface area contributed by atoms with E-state index in [0.29, 0.717) is 33.9 Å². The molecule has 4 N–H and O–H groups in total. The molecule has 1 aromatic carbocycles. The quantitative estimate of drug-likeness (QED) is 0.214. The third-order valence-electron chi connectivity index (χ3n) is 6.36. The first-order valence-electron chi connectivity index (χ1n) is 11.5. The Labute approximate surface area is 215 Å². The van der Waals surface area contributed by atoms with E-state index in [1.54, 1.807) is 11.6 Å².